The van der Waals surface area contributed by atoms with Gasteiger partial charge in [0.1, 0.15) is 23.7 Å². The van der Waals surface area contributed by atoms with E-state index in [1.807, 2.05) is 20.8 Å². The van der Waals surface area contributed by atoms with Crippen LogP contribution in [0, 0.1) is 0 Å². The molecule has 204 valence electrons. The normalized spacial score (nSPS) is 15.3. The van der Waals surface area contributed by atoms with Crippen LogP contribution < -0.4 is 21.7 Å². The zero-order valence-corrected chi connectivity index (χ0v) is 22.8. The van der Waals surface area contributed by atoms with Crippen molar-refractivity contribution in [1.29, 1.82) is 0 Å². The summed E-state index contributed by atoms with van der Waals surface area (Å²) >= 11 is 0. The average Bonchev–Trinajstić information content (AvgIpc) is 2.69. The minimum absolute atomic E-state index is 0.165. The highest BCUT2D eigenvalue weighted by molar-refractivity contribution is 5.91. The second-order valence-corrected chi connectivity index (χ2v) is 10.4. The molecule has 11 heteroatoms. The van der Waals surface area contributed by atoms with Crippen LogP contribution in [-0.2, 0) is 28.6 Å². The molecule has 4 atom stereocenters. The van der Waals surface area contributed by atoms with Gasteiger partial charge in [0.2, 0.25) is 11.8 Å². The summed E-state index contributed by atoms with van der Waals surface area (Å²) in [6.07, 6.45) is 0.326. The summed E-state index contributed by atoms with van der Waals surface area (Å²) < 4.78 is 15.9. The van der Waals surface area contributed by atoms with Crippen molar-refractivity contribution in [2.75, 3.05) is 13.2 Å². The Balaban J connectivity index is 4.77. The van der Waals surface area contributed by atoms with Crippen LogP contribution in [0.25, 0.3) is 0 Å². The highest BCUT2D eigenvalue weighted by Crippen LogP contribution is 2.12. The molecule has 35 heavy (non-hydrogen) atoms. The van der Waals surface area contributed by atoms with Crippen LogP contribution in [0.1, 0.15) is 81.6 Å². The van der Waals surface area contributed by atoms with Crippen LogP contribution in [0.2, 0.25) is 0 Å². The third-order valence-electron chi connectivity index (χ3n) is 4.58. The molecule has 11 nitrogen and oxygen atoms in total. The topological polar surface area (TPSA) is 158 Å². The number of unbranched alkanes of at least 4 members (excludes halogenated alkanes) is 1. The third-order valence-corrected chi connectivity index (χ3v) is 4.58. The van der Waals surface area contributed by atoms with Gasteiger partial charge in [-0.1, -0.05) is 0 Å². The zero-order chi connectivity index (χ0) is 27.4. The van der Waals surface area contributed by atoms with E-state index in [1.54, 1.807) is 34.6 Å². The van der Waals surface area contributed by atoms with Crippen molar-refractivity contribution < 1.29 is 33.4 Å². The molecule has 0 aliphatic rings. The van der Waals surface area contributed by atoms with Gasteiger partial charge in [-0.3, -0.25) is 9.59 Å². The molecule has 3 amide bonds. The van der Waals surface area contributed by atoms with Crippen molar-refractivity contribution >= 4 is 23.9 Å². The molecule has 0 aromatic rings. The Morgan fingerprint density at radius 1 is 0.886 bits per heavy atom. The van der Waals surface area contributed by atoms with Gasteiger partial charge in [0.15, 0.2) is 0 Å². The Bertz CT molecular complexity index is 701. The quantitative estimate of drug-likeness (QED) is 0.219. The number of nitrogens with one attached hydrogen (secondary N) is 3. The Labute approximate surface area is 209 Å². The summed E-state index contributed by atoms with van der Waals surface area (Å²) in [6, 6.07) is -2.79. The number of carbonyl (C=O) groups excluding carboxylic acids is 4. The lowest BCUT2D eigenvalue weighted by Crippen LogP contribution is -2.56. The van der Waals surface area contributed by atoms with Crippen LogP contribution in [-0.4, -0.2) is 72.5 Å². The largest absolute Gasteiger partial charge is 0.464 e. The highest BCUT2D eigenvalue weighted by Gasteiger charge is 2.29. The summed E-state index contributed by atoms with van der Waals surface area (Å²) in [6.45, 7) is 16.3. The molecule has 0 aromatic carbocycles. The second kappa shape index (κ2) is 14.9. The summed E-state index contributed by atoms with van der Waals surface area (Å²) in [7, 11) is 0. The molecule has 0 saturated heterocycles. The molecular weight excluding hydrogens is 456 g/mol. The van der Waals surface area contributed by atoms with Crippen molar-refractivity contribution in [2.24, 2.45) is 5.73 Å². The maximum atomic E-state index is 12.7. The van der Waals surface area contributed by atoms with E-state index in [9.17, 15) is 19.2 Å². The van der Waals surface area contributed by atoms with Crippen molar-refractivity contribution in [1.82, 2.24) is 16.0 Å². The van der Waals surface area contributed by atoms with Gasteiger partial charge in [0, 0.05) is 6.54 Å². The highest BCUT2D eigenvalue weighted by atomic mass is 16.6. The van der Waals surface area contributed by atoms with Crippen LogP contribution in [0.3, 0.4) is 0 Å². The molecule has 0 heterocycles. The molecule has 0 bridgehead atoms. The van der Waals surface area contributed by atoms with E-state index in [0.29, 0.717) is 25.8 Å². The van der Waals surface area contributed by atoms with Gasteiger partial charge in [0.05, 0.1) is 18.3 Å². The van der Waals surface area contributed by atoms with Gasteiger partial charge in [0.25, 0.3) is 0 Å². The van der Waals surface area contributed by atoms with E-state index in [4.69, 9.17) is 19.9 Å². The number of rotatable bonds is 13. The van der Waals surface area contributed by atoms with E-state index in [-0.39, 0.29) is 6.61 Å². The Kier molecular flexibility index (Phi) is 13.9. The molecule has 0 aromatic heterocycles. The Morgan fingerprint density at radius 2 is 1.49 bits per heavy atom. The Morgan fingerprint density at radius 3 is 2.00 bits per heavy atom. The first-order valence-corrected chi connectivity index (χ1v) is 12.1. The summed E-state index contributed by atoms with van der Waals surface area (Å²) in [5.74, 6) is -1.64. The smallest absolute Gasteiger partial charge is 0.407 e. The molecule has 0 spiro atoms. The lowest BCUT2D eigenvalue weighted by atomic mass is 10.1. The molecule has 0 saturated carbocycles. The van der Waals surface area contributed by atoms with Crippen LogP contribution in [0.4, 0.5) is 4.79 Å². The van der Waals surface area contributed by atoms with Gasteiger partial charge < -0.3 is 35.9 Å². The van der Waals surface area contributed by atoms with E-state index >= 15 is 0 Å². The first-order chi connectivity index (χ1) is 16.0. The number of hydrogen-bond acceptors (Lipinski definition) is 8. The lowest BCUT2D eigenvalue weighted by molar-refractivity contribution is -0.147. The van der Waals surface area contributed by atoms with E-state index in [0.717, 1.165) is 0 Å². The number of alkyl carbamates (subject to hydrolysis) is 1. The van der Waals surface area contributed by atoms with Crippen LogP contribution in [0.15, 0.2) is 0 Å². The van der Waals surface area contributed by atoms with Gasteiger partial charge in [-0.25, -0.2) is 9.59 Å². The van der Waals surface area contributed by atoms with E-state index < -0.39 is 59.3 Å². The first kappa shape index (κ1) is 32.6. The average molecular weight is 503 g/mol. The molecule has 0 aliphatic carbocycles. The van der Waals surface area contributed by atoms with Crippen molar-refractivity contribution in [3.8, 4) is 0 Å². The fraction of sp³-hybridized carbons (Fsp3) is 0.833. The molecule has 5 N–H and O–H groups in total. The van der Waals surface area contributed by atoms with E-state index in [2.05, 4.69) is 16.0 Å². The molecule has 0 unspecified atom stereocenters. The molecular formula is C24H46N4O7. The van der Waals surface area contributed by atoms with Gasteiger partial charge in [-0.15, -0.1) is 0 Å². The van der Waals surface area contributed by atoms with Gasteiger partial charge in [-0.2, -0.15) is 0 Å². The molecule has 0 radical (unpaired) electrons. The number of ether oxygens (including phenoxy) is 3. The van der Waals surface area contributed by atoms with Gasteiger partial charge >= 0.3 is 12.1 Å². The maximum Gasteiger partial charge on any atom is 0.407 e. The van der Waals surface area contributed by atoms with Crippen molar-refractivity contribution in [2.45, 2.75) is 117 Å². The van der Waals surface area contributed by atoms with Crippen molar-refractivity contribution in [3.63, 3.8) is 0 Å². The van der Waals surface area contributed by atoms with Crippen LogP contribution in [0.5, 0.6) is 0 Å². The fourth-order valence-electron chi connectivity index (χ4n) is 2.99. The van der Waals surface area contributed by atoms with Crippen LogP contribution >= 0.6 is 0 Å². The number of amides is 3. The van der Waals surface area contributed by atoms with Gasteiger partial charge in [-0.05, 0) is 81.6 Å². The number of esters is 1. The number of hydrogen-bond donors (Lipinski definition) is 4. The third kappa shape index (κ3) is 15.3. The number of carbonyl (C=O) groups is 4. The minimum Gasteiger partial charge on any atom is -0.464 e. The second-order valence-electron chi connectivity index (χ2n) is 10.4. The predicted octanol–water partition coefficient (Wildman–Crippen LogP) is 1.76. The molecule has 0 rings (SSSR count). The summed E-state index contributed by atoms with van der Waals surface area (Å²) in [5.41, 5.74) is 4.91. The predicted molar refractivity (Wildman–Crippen MR) is 133 cm³/mol. The molecule has 0 fully saturated rings. The zero-order valence-electron chi connectivity index (χ0n) is 22.8. The fourth-order valence-corrected chi connectivity index (χ4v) is 2.99. The first-order valence-electron chi connectivity index (χ1n) is 12.1. The Hall–Kier alpha value is -2.40. The summed E-state index contributed by atoms with van der Waals surface area (Å²) in [4.78, 5) is 49.1. The minimum atomic E-state index is -0.970. The maximum absolute atomic E-state index is 12.7. The SMILES string of the molecule is CCOC(=O)[C@H](CCCCNC(=O)OC(C)(C)C)NC(=O)[C@H](C)NC(=O)[C@@H](N)[C@@H](C)OC(C)(C)C. The molecule has 0 aliphatic heterocycles. The lowest BCUT2D eigenvalue weighted by Gasteiger charge is -2.29. The van der Waals surface area contributed by atoms with E-state index in [1.165, 1.54) is 6.92 Å². The summed E-state index contributed by atoms with van der Waals surface area (Å²) in [5, 5.41) is 7.84. The monoisotopic (exact) mass is 502 g/mol. The van der Waals surface area contributed by atoms with Crippen molar-refractivity contribution in [3.05, 3.63) is 0 Å². The number of nitrogens with two attached hydrogens (primary N) is 1. The standard InChI is InChI=1S/C24H46N4O7/c1-10-33-21(31)17(13-11-12-14-26-22(32)35-24(7,8)9)28-19(29)15(2)27-20(30)18(25)16(3)34-23(4,5)6/h15-18H,10-14,25H2,1-9H3,(H,26,32)(H,27,30)(H,28,29)/t15-,16+,17-,18-/m0/s1.